The quantitative estimate of drug-likeness (QED) is 0.551. The lowest BCUT2D eigenvalue weighted by molar-refractivity contribution is -0.148. The Kier molecular flexibility index (Phi) is 4.99. The zero-order chi connectivity index (χ0) is 17.8. The minimum Gasteiger partial charge on any atom is -0.480 e. The summed E-state index contributed by atoms with van der Waals surface area (Å²) in [6, 6.07) is 15.8. The summed E-state index contributed by atoms with van der Waals surface area (Å²) in [5, 5.41) is 12.0. The second-order valence-electron chi connectivity index (χ2n) is 5.26. The Hall–Kier alpha value is -2.73. The van der Waals surface area contributed by atoms with Crippen molar-refractivity contribution in [3.8, 4) is 5.75 Å². The van der Waals surface area contributed by atoms with Crippen LogP contribution in [-0.4, -0.2) is 22.0 Å². The molecule has 0 bridgehead atoms. The van der Waals surface area contributed by atoms with Gasteiger partial charge in [-0.25, -0.2) is 4.79 Å². The number of carboxylic acids is 1. The van der Waals surface area contributed by atoms with Crippen molar-refractivity contribution in [1.82, 2.24) is 5.32 Å². The highest BCUT2D eigenvalue weighted by Crippen LogP contribution is 2.40. The first-order valence-electron chi connectivity index (χ1n) is 7.09. The van der Waals surface area contributed by atoms with E-state index in [0.29, 0.717) is 11.3 Å². The molecule has 0 fully saturated rings. The van der Waals surface area contributed by atoms with E-state index in [1.54, 1.807) is 60.7 Å². The molecule has 2 rings (SSSR count). The van der Waals surface area contributed by atoms with E-state index in [4.69, 9.17) is 22.1 Å². The van der Waals surface area contributed by atoms with Crippen LogP contribution in [0.3, 0.4) is 0 Å². The molecular weight excluding hydrogens is 332 g/mol. The second kappa shape index (κ2) is 6.80. The summed E-state index contributed by atoms with van der Waals surface area (Å²) in [4.78, 5) is 21.4. The number of amides is 2. The number of nitrogens with one attached hydrogen (secondary N) is 1. The first kappa shape index (κ1) is 17.6. The molecule has 6 nitrogen and oxygen atoms in total. The molecule has 0 heterocycles. The summed E-state index contributed by atoms with van der Waals surface area (Å²) in [6.07, 6.45) is 0. The van der Waals surface area contributed by atoms with E-state index in [-0.39, 0.29) is 0 Å². The SMILES string of the molecule is CC(Cl)(C(=O)O)C(NC(N)=O)(Oc1ccccc1)c1ccccc1. The third kappa shape index (κ3) is 3.28. The maximum atomic E-state index is 11.8. The van der Waals surface area contributed by atoms with Gasteiger partial charge in [-0.2, -0.15) is 0 Å². The predicted octanol–water partition coefficient (Wildman–Crippen LogP) is 2.67. The van der Waals surface area contributed by atoms with Gasteiger partial charge in [-0.15, -0.1) is 0 Å². The second-order valence-corrected chi connectivity index (χ2v) is 6.02. The monoisotopic (exact) mass is 348 g/mol. The molecule has 7 heteroatoms. The van der Waals surface area contributed by atoms with Crippen LogP contribution in [-0.2, 0) is 10.5 Å². The molecule has 0 aromatic heterocycles. The van der Waals surface area contributed by atoms with Gasteiger partial charge in [0.1, 0.15) is 5.75 Å². The van der Waals surface area contributed by atoms with Gasteiger partial charge in [0.15, 0.2) is 0 Å². The van der Waals surface area contributed by atoms with Crippen LogP contribution in [0.5, 0.6) is 5.75 Å². The average Bonchev–Trinajstić information content (AvgIpc) is 2.55. The van der Waals surface area contributed by atoms with Crippen molar-refractivity contribution in [3.63, 3.8) is 0 Å². The molecule has 0 radical (unpaired) electrons. The summed E-state index contributed by atoms with van der Waals surface area (Å²) in [7, 11) is 0. The maximum absolute atomic E-state index is 11.8. The van der Waals surface area contributed by atoms with Gasteiger partial charge >= 0.3 is 12.0 Å². The van der Waals surface area contributed by atoms with E-state index in [9.17, 15) is 14.7 Å². The van der Waals surface area contributed by atoms with Gasteiger partial charge in [0.2, 0.25) is 10.6 Å². The van der Waals surface area contributed by atoms with E-state index >= 15 is 0 Å². The fourth-order valence-corrected chi connectivity index (χ4v) is 2.50. The van der Waals surface area contributed by atoms with Crippen molar-refractivity contribution < 1.29 is 19.4 Å². The van der Waals surface area contributed by atoms with Crippen LogP contribution in [0.4, 0.5) is 4.79 Å². The lowest BCUT2D eigenvalue weighted by Crippen LogP contribution is -2.65. The number of hydrogen-bond acceptors (Lipinski definition) is 3. The standard InChI is InChI=1S/C17H17ClN2O4/c1-16(18,14(21)22)17(20-15(19)23,12-8-4-2-5-9-12)24-13-10-6-3-7-11-13/h2-11H,1H3,(H,21,22)(H3,19,20,23). The molecule has 0 aliphatic heterocycles. The van der Waals surface area contributed by atoms with E-state index in [1.165, 1.54) is 6.92 Å². The molecular formula is C17H17ClN2O4. The fourth-order valence-electron chi connectivity index (χ4n) is 2.30. The van der Waals surface area contributed by atoms with Gasteiger partial charge in [-0.05, 0) is 19.1 Å². The van der Waals surface area contributed by atoms with Crippen molar-refractivity contribution >= 4 is 23.6 Å². The van der Waals surface area contributed by atoms with Crippen LogP contribution in [0.1, 0.15) is 12.5 Å². The van der Waals surface area contributed by atoms with E-state index in [1.807, 2.05) is 0 Å². The zero-order valence-corrected chi connectivity index (χ0v) is 13.7. The molecule has 4 N–H and O–H groups in total. The summed E-state index contributed by atoms with van der Waals surface area (Å²) >= 11 is 6.33. The number of halogens is 1. The maximum Gasteiger partial charge on any atom is 0.331 e. The predicted molar refractivity (Wildman–Crippen MR) is 89.8 cm³/mol. The van der Waals surface area contributed by atoms with E-state index < -0.39 is 22.6 Å². The van der Waals surface area contributed by atoms with E-state index in [2.05, 4.69) is 5.32 Å². The number of carbonyl (C=O) groups excluding carboxylic acids is 1. The van der Waals surface area contributed by atoms with Crippen molar-refractivity contribution in [2.45, 2.75) is 17.5 Å². The molecule has 2 aromatic rings. The van der Waals surface area contributed by atoms with Crippen molar-refractivity contribution in [3.05, 3.63) is 66.2 Å². The summed E-state index contributed by atoms with van der Waals surface area (Å²) in [5.74, 6) is -1.05. The number of carbonyl (C=O) groups is 2. The van der Waals surface area contributed by atoms with Crippen LogP contribution >= 0.6 is 11.6 Å². The third-order valence-corrected chi connectivity index (χ3v) is 3.98. The number of aliphatic carboxylic acids is 1. The minimum absolute atomic E-state index is 0.322. The first-order valence-corrected chi connectivity index (χ1v) is 7.47. The van der Waals surface area contributed by atoms with Crippen LogP contribution in [0.15, 0.2) is 60.7 Å². The zero-order valence-electron chi connectivity index (χ0n) is 12.9. The lowest BCUT2D eigenvalue weighted by atomic mass is 9.88. The highest BCUT2D eigenvalue weighted by Gasteiger charge is 2.57. The number of nitrogens with two attached hydrogens (primary N) is 1. The van der Waals surface area contributed by atoms with Crippen LogP contribution < -0.4 is 15.8 Å². The van der Waals surface area contributed by atoms with Gasteiger partial charge in [0.25, 0.3) is 0 Å². The Morgan fingerprint density at radius 3 is 2.04 bits per heavy atom. The molecule has 2 atom stereocenters. The number of ether oxygens (including phenoxy) is 1. The van der Waals surface area contributed by atoms with Gasteiger partial charge < -0.3 is 15.6 Å². The van der Waals surface area contributed by atoms with Crippen LogP contribution in [0.25, 0.3) is 0 Å². The molecule has 0 saturated carbocycles. The molecule has 0 aliphatic carbocycles. The van der Waals surface area contributed by atoms with Crippen molar-refractivity contribution in [2.75, 3.05) is 0 Å². The van der Waals surface area contributed by atoms with Gasteiger partial charge in [0.05, 0.1) is 0 Å². The number of urea groups is 1. The molecule has 2 unspecified atom stereocenters. The van der Waals surface area contributed by atoms with Crippen LogP contribution in [0.2, 0.25) is 0 Å². The number of rotatable bonds is 6. The fraction of sp³-hybridized carbons (Fsp3) is 0.176. The Balaban J connectivity index is 2.68. The number of hydrogen-bond donors (Lipinski definition) is 3. The Morgan fingerprint density at radius 1 is 1.08 bits per heavy atom. The molecule has 2 amide bonds. The minimum atomic E-state index is -2.04. The summed E-state index contributed by atoms with van der Waals surface area (Å²) in [5.41, 5.74) is 3.70. The largest absolute Gasteiger partial charge is 0.480 e. The number of para-hydroxylation sites is 1. The Bertz CT molecular complexity index is 722. The molecule has 126 valence electrons. The number of benzene rings is 2. The molecule has 0 aliphatic rings. The van der Waals surface area contributed by atoms with Gasteiger partial charge in [-0.1, -0.05) is 60.1 Å². The van der Waals surface area contributed by atoms with Gasteiger partial charge in [-0.3, -0.25) is 10.1 Å². The smallest absolute Gasteiger partial charge is 0.331 e. The average molecular weight is 349 g/mol. The molecule has 24 heavy (non-hydrogen) atoms. The van der Waals surface area contributed by atoms with E-state index in [0.717, 1.165) is 0 Å². The van der Waals surface area contributed by atoms with Crippen molar-refractivity contribution in [2.24, 2.45) is 5.73 Å². The number of alkyl halides is 1. The molecule has 0 spiro atoms. The lowest BCUT2D eigenvalue weighted by Gasteiger charge is -2.42. The topological polar surface area (TPSA) is 102 Å². The number of primary amides is 1. The summed E-state index contributed by atoms with van der Waals surface area (Å²) < 4.78 is 5.90. The summed E-state index contributed by atoms with van der Waals surface area (Å²) in [6.45, 7) is 1.24. The third-order valence-electron chi connectivity index (χ3n) is 3.56. The molecule has 0 saturated heterocycles. The van der Waals surface area contributed by atoms with Crippen LogP contribution in [0, 0.1) is 0 Å². The van der Waals surface area contributed by atoms with Crippen molar-refractivity contribution in [1.29, 1.82) is 0 Å². The normalized spacial score (nSPS) is 15.6. The number of carboxylic acid groups (broad SMARTS) is 1. The Labute approximate surface area is 144 Å². The highest BCUT2D eigenvalue weighted by atomic mass is 35.5. The van der Waals surface area contributed by atoms with Gasteiger partial charge in [0, 0.05) is 5.56 Å². The molecule has 2 aromatic carbocycles. The highest BCUT2D eigenvalue weighted by molar-refractivity contribution is 6.34. The first-order chi connectivity index (χ1) is 11.3. The Morgan fingerprint density at radius 2 is 1.58 bits per heavy atom.